The lowest BCUT2D eigenvalue weighted by molar-refractivity contribution is 0.596. The second kappa shape index (κ2) is 7.68. The maximum atomic E-state index is 13.4. The first-order valence-electron chi connectivity index (χ1n) is 9.54. The Morgan fingerprint density at radius 1 is 0.931 bits per heavy atom. The molecule has 0 aliphatic heterocycles. The minimum absolute atomic E-state index is 0.171. The van der Waals surface area contributed by atoms with E-state index in [1.54, 1.807) is 30.3 Å². The zero-order valence-electron chi connectivity index (χ0n) is 16.4. The number of sulfone groups is 1. The molecule has 0 radical (unpaired) electrons. The van der Waals surface area contributed by atoms with E-state index >= 15 is 0 Å². The van der Waals surface area contributed by atoms with E-state index < -0.39 is 9.84 Å². The Balaban J connectivity index is 1.97. The normalized spacial score (nSPS) is 11.5. The summed E-state index contributed by atoms with van der Waals surface area (Å²) in [5.41, 5.74) is 4.40. The summed E-state index contributed by atoms with van der Waals surface area (Å²) in [6, 6.07) is 22.3. The number of anilines is 2. The molecule has 0 unspecified atom stereocenters. The first-order chi connectivity index (χ1) is 14.0. The molecule has 4 aromatic rings. The quantitative estimate of drug-likeness (QED) is 0.466. The molecule has 4 rings (SSSR count). The molecule has 0 aliphatic rings. The summed E-state index contributed by atoms with van der Waals surface area (Å²) in [4.78, 5) is 4.87. The van der Waals surface area contributed by atoms with E-state index in [1.807, 2.05) is 49.4 Å². The van der Waals surface area contributed by atoms with Crippen LogP contribution >= 0.6 is 0 Å². The zero-order chi connectivity index (χ0) is 20.4. The van der Waals surface area contributed by atoms with E-state index in [4.69, 9.17) is 0 Å². The number of nitrogens with one attached hydrogen (secondary N) is 1. The van der Waals surface area contributed by atoms with Gasteiger partial charge in [0, 0.05) is 17.3 Å². The minimum Gasteiger partial charge on any atom is -0.354 e. The first kappa shape index (κ1) is 19.2. The van der Waals surface area contributed by atoms with Crippen LogP contribution in [0.15, 0.2) is 88.8 Å². The third kappa shape index (κ3) is 3.74. The molecule has 0 spiro atoms. The lowest BCUT2D eigenvalue weighted by Gasteiger charge is -2.16. The predicted octanol–water partition coefficient (Wildman–Crippen LogP) is 5.68. The first-order valence-corrected chi connectivity index (χ1v) is 11.0. The van der Waals surface area contributed by atoms with Gasteiger partial charge >= 0.3 is 0 Å². The number of benzene rings is 3. The van der Waals surface area contributed by atoms with Crippen LogP contribution in [0.2, 0.25) is 0 Å². The van der Waals surface area contributed by atoms with Crippen LogP contribution in [0.5, 0.6) is 0 Å². The summed E-state index contributed by atoms with van der Waals surface area (Å²) in [6.45, 7) is 4.09. The van der Waals surface area contributed by atoms with Crippen molar-refractivity contribution < 1.29 is 8.42 Å². The van der Waals surface area contributed by atoms with Crippen LogP contribution in [0.1, 0.15) is 18.1 Å². The molecule has 1 heterocycles. The number of rotatable bonds is 5. The van der Waals surface area contributed by atoms with Crippen molar-refractivity contribution in [3.8, 4) is 0 Å². The Hall–Kier alpha value is -3.18. The van der Waals surface area contributed by atoms with Crippen LogP contribution in [0, 0.1) is 6.92 Å². The lowest BCUT2D eigenvalue weighted by atomic mass is 10.1. The lowest BCUT2D eigenvalue weighted by Crippen LogP contribution is -2.07. The fourth-order valence-corrected chi connectivity index (χ4v) is 4.67. The smallest absolute Gasteiger partial charge is 0.210 e. The molecule has 0 atom stereocenters. The Bertz CT molecular complexity index is 1270. The van der Waals surface area contributed by atoms with Crippen molar-refractivity contribution in [2.45, 2.75) is 30.1 Å². The standard InChI is InChI=1S/C24H22N2O2S/c1-3-18-11-14-22-21(15-18)24(26-19-12-9-17(2)10-13-19)23(16-25-22)29(27,28)20-7-5-4-6-8-20/h4-16H,3H2,1-2H3,(H,25,26). The molecule has 5 heteroatoms. The van der Waals surface area contributed by atoms with Crippen molar-refractivity contribution in [1.29, 1.82) is 0 Å². The van der Waals surface area contributed by atoms with Gasteiger partial charge in [-0.15, -0.1) is 0 Å². The number of fused-ring (bicyclic) bond motifs is 1. The summed E-state index contributed by atoms with van der Waals surface area (Å²) in [5, 5.41) is 4.14. The second-order valence-electron chi connectivity index (χ2n) is 7.01. The molecule has 0 bridgehead atoms. The predicted molar refractivity (Wildman–Crippen MR) is 117 cm³/mol. The van der Waals surface area contributed by atoms with Gasteiger partial charge in [0.05, 0.1) is 16.1 Å². The fourth-order valence-electron chi connectivity index (χ4n) is 3.28. The second-order valence-corrected chi connectivity index (χ2v) is 8.93. The number of aryl methyl sites for hydroxylation is 2. The van der Waals surface area contributed by atoms with Crippen LogP contribution in [-0.4, -0.2) is 13.4 Å². The van der Waals surface area contributed by atoms with Crippen LogP contribution in [0.4, 0.5) is 11.4 Å². The molecular formula is C24H22N2O2S. The molecule has 146 valence electrons. The van der Waals surface area contributed by atoms with E-state index in [2.05, 4.69) is 17.2 Å². The Kier molecular flexibility index (Phi) is 5.07. The number of hydrogen-bond acceptors (Lipinski definition) is 4. The van der Waals surface area contributed by atoms with Crippen molar-refractivity contribution >= 4 is 32.1 Å². The van der Waals surface area contributed by atoms with Gasteiger partial charge in [-0.3, -0.25) is 4.98 Å². The minimum atomic E-state index is -3.73. The third-order valence-corrected chi connectivity index (χ3v) is 6.75. The molecule has 1 N–H and O–H groups in total. The van der Waals surface area contributed by atoms with Crippen molar-refractivity contribution in [3.63, 3.8) is 0 Å². The van der Waals surface area contributed by atoms with Gasteiger partial charge in [-0.25, -0.2) is 8.42 Å². The summed E-state index contributed by atoms with van der Waals surface area (Å²) < 4.78 is 26.8. The van der Waals surface area contributed by atoms with Crippen LogP contribution < -0.4 is 5.32 Å². The van der Waals surface area contributed by atoms with E-state index in [9.17, 15) is 8.42 Å². The number of pyridine rings is 1. The summed E-state index contributed by atoms with van der Waals surface area (Å²) in [7, 11) is -3.73. The van der Waals surface area contributed by atoms with Crippen molar-refractivity contribution in [3.05, 3.63) is 90.1 Å². The molecule has 3 aromatic carbocycles. The van der Waals surface area contributed by atoms with E-state index in [0.29, 0.717) is 5.69 Å². The highest BCUT2D eigenvalue weighted by Crippen LogP contribution is 2.35. The highest BCUT2D eigenvalue weighted by Gasteiger charge is 2.24. The van der Waals surface area contributed by atoms with Crippen molar-refractivity contribution in [1.82, 2.24) is 4.98 Å². The topological polar surface area (TPSA) is 59.1 Å². The fraction of sp³-hybridized carbons (Fsp3) is 0.125. The molecule has 0 saturated carbocycles. The van der Waals surface area contributed by atoms with Gasteiger partial charge in [-0.2, -0.15) is 0 Å². The largest absolute Gasteiger partial charge is 0.354 e. The highest BCUT2D eigenvalue weighted by atomic mass is 32.2. The van der Waals surface area contributed by atoms with E-state index in [0.717, 1.165) is 34.1 Å². The Labute approximate surface area is 171 Å². The monoisotopic (exact) mass is 402 g/mol. The van der Waals surface area contributed by atoms with Gasteiger partial charge in [0.15, 0.2) is 0 Å². The van der Waals surface area contributed by atoms with E-state index in [1.165, 1.54) is 6.20 Å². The molecule has 0 aliphatic carbocycles. The van der Waals surface area contributed by atoms with Gasteiger partial charge < -0.3 is 5.32 Å². The van der Waals surface area contributed by atoms with Gasteiger partial charge in [0.2, 0.25) is 9.84 Å². The summed E-state index contributed by atoms with van der Waals surface area (Å²) in [6.07, 6.45) is 2.31. The average molecular weight is 403 g/mol. The number of hydrogen-bond donors (Lipinski definition) is 1. The molecule has 4 nitrogen and oxygen atoms in total. The third-order valence-electron chi connectivity index (χ3n) is 4.97. The van der Waals surface area contributed by atoms with Crippen molar-refractivity contribution in [2.24, 2.45) is 0 Å². The zero-order valence-corrected chi connectivity index (χ0v) is 17.2. The molecule has 0 fully saturated rings. The van der Waals surface area contributed by atoms with Crippen LogP contribution in [0.25, 0.3) is 10.9 Å². The van der Waals surface area contributed by atoms with Crippen LogP contribution in [0.3, 0.4) is 0 Å². The molecular weight excluding hydrogens is 380 g/mol. The summed E-state index contributed by atoms with van der Waals surface area (Å²) >= 11 is 0. The summed E-state index contributed by atoms with van der Waals surface area (Å²) in [5.74, 6) is 0. The van der Waals surface area contributed by atoms with Gasteiger partial charge in [-0.05, 0) is 55.3 Å². The Morgan fingerprint density at radius 3 is 2.34 bits per heavy atom. The van der Waals surface area contributed by atoms with Gasteiger partial charge in [-0.1, -0.05) is 48.9 Å². The number of nitrogens with zero attached hydrogens (tertiary/aromatic N) is 1. The van der Waals surface area contributed by atoms with Crippen LogP contribution in [-0.2, 0) is 16.3 Å². The highest BCUT2D eigenvalue weighted by molar-refractivity contribution is 7.91. The molecule has 0 saturated heterocycles. The molecule has 1 aromatic heterocycles. The van der Waals surface area contributed by atoms with Gasteiger partial charge in [0.1, 0.15) is 4.90 Å². The SMILES string of the molecule is CCc1ccc2ncc(S(=O)(=O)c3ccccc3)c(Nc3ccc(C)cc3)c2c1. The molecule has 29 heavy (non-hydrogen) atoms. The molecule has 0 amide bonds. The Morgan fingerprint density at radius 2 is 1.66 bits per heavy atom. The van der Waals surface area contributed by atoms with Crippen molar-refractivity contribution in [2.75, 3.05) is 5.32 Å². The number of aromatic nitrogens is 1. The van der Waals surface area contributed by atoms with Gasteiger partial charge in [0.25, 0.3) is 0 Å². The maximum absolute atomic E-state index is 13.4. The average Bonchev–Trinajstić information content (AvgIpc) is 2.75. The van der Waals surface area contributed by atoms with E-state index in [-0.39, 0.29) is 9.79 Å². The maximum Gasteiger partial charge on any atom is 0.210 e.